The van der Waals surface area contributed by atoms with Gasteiger partial charge >= 0.3 is 5.97 Å². The normalized spacial score (nSPS) is 19.6. The number of piperidine rings is 1. The molecule has 0 aliphatic carbocycles. The minimum Gasteiger partial charge on any atom is -0.478 e. The van der Waals surface area contributed by atoms with Crippen molar-refractivity contribution in [2.24, 2.45) is 5.92 Å². The third-order valence-electron chi connectivity index (χ3n) is 6.56. The summed E-state index contributed by atoms with van der Waals surface area (Å²) in [4.78, 5) is 16.9. The van der Waals surface area contributed by atoms with Crippen molar-refractivity contribution in [1.82, 2.24) is 4.90 Å². The fraction of sp³-hybridized carbons (Fsp3) is 0.480. The number of nitrogens with zero attached hydrogens (tertiary/aromatic N) is 2. The van der Waals surface area contributed by atoms with E-state index in [2.05, 4.69) is 14.5 Å². The van der Waals surface area contributed by atoms with Crippen molar-refractivity contribution in [3.05, 3.63) is 53.1 Å². The molecular formula is C25H33N3O4S. The predicted molar refractivity (Wildman–Crippen MR) is 131 cm³/mol. The first-order chi connectivity index (χ1) is 15.7. The second-order valence-corrected chi connectivity index (χ2v) is 11.1. The fourth-order valence-corrected chi connectivity index (χ4v) is 6.35. The van der Waals surface area contributed by atoms with Crippen LogP contribution in [0, 0.1) is 19.8 Å². The Labute approximate surface area is 196 Å². The lowest BCUT2D eigenvalue weighted by Crippen LogP contribution is -2.41. The molecular weight excluding hydrogens is 438 g/mol. The predicted octanol–water partition coefficient (Wildman–Crippen LogP) is 4.11. The van der Waals surface area contributed by atoms with Crippen LogP contribution in [0.1, 0.15) is 47.2 Å². The second-order valence-electron chi connectivity index (χ2n) is 9.43. The molecule has 0 aromatic heterocycles. The third kappa shape index (κ3) is 5.68. The van der Waals surface area contributed by atoms with Crippen LogP contribution in [0.15, 0.2) is 41.3 Å². The van der Waals surface area contributed by atoms with Crippen LogP contribution in [-0.2, 0) is 10.0 Å². The number of aryl methyl sites for hydroxylation is 2. The quantitative estimate of drug-likeness (QED) is 0.632. The van der Waals surface area contributed by atoms with Gasteiger partial charge in [0.05, 0.1) is 16.1 Å². The summed E-state index contributed by atoms with van der Waals surface area (Å²) in [5, 5.41) is 9.89. The largest absolute Gasteiger partial charge is 0.478 e. The first kappa shape index (κ1) is 23.6. The SMILES string of the molecule is Cc1cc(C)cc(S(=O)(=O)Nc2ccc(N3CCC[C@H](CN4CCCC4)C3)c(C(=O)O)c2)c1. The number of carboxylic acid groups (broad SMARTS) is 1. The Morgan fingerprint density at radius 2 is 1.73 bits per heavy atom. The van der Waals surface area contributed by atoms with Crippen molar-refractivity contribution in [3.8, 4) is 0 Å². The minimum absolute atomic E-state index is 0.123. The van der Waals surface area contributed by atoms with Crippen molar-refractivity contribution >= 4 is 27.4 Å². The van der Waals surface area contributed by atoms with Crippen molar-refractivity contribution < 1.29 is 18.3 Å². The number of carboxylic acids is 1. The van der Waals surface area contributed by atoms with Gasteiger partial charge in [0.15, 0.2) is 0 Å². The van der Waals surface area contributed by atoms with Crippen LogP contribution in [0.4, 0.5) is 11.4 Å². The molecule has 0 amide bonds. The smallest absolute Gasteiger partial charge is 0.337 e. The lowest BCUT2D eigenvalue weighted by Gasteiger charge is -2.36. The number of likely N-dealkylation sites (tertiary alicyclic amines) is 1. The molecule has 2 aromatic rings. The Kier molecular flexibility index (Phi) is 6.95. The molecule has 7 nitrogen and oxygen atoms in total. The molecule has 4 rings (SSSR count). The fourth-order valence-electron chi connectivity index (χ4n) is 5.11. The highest BCUT2D eigenvalue weighted by atomic mass is 32.2. The van der Waals surface area contributed by atoms with E-state index >= 15 is 0 Å². The Bertz CT molecular complexity index is 1110. The summed E-state index contributed by atoms with van der Waals surface area (Å²) in [6.45, 7) is 8.71. The molecule has 33 heavy (non-hydrogen) atoms. The summed E-state index contributed by atoms with van der Waals surface area (Å²) in [6, 6.07) is 9.95. The van der Waals surface area contributed by atoms with Gasteiger partial charge in [-0.25, -0.2) is 13.2 Å². The van der Waals surface area contributed by atoms with E-state index in [0.29, 0.717) is 11.6 Å². The molecule has 2 N–H and O–H groups in total. The van der Waals surface area contributed by atoms with E-state index in [1.807, 2.05) is 19.9 Å². The maximum Gasteiger partial charge on any atom is 0.337 e. The van der Waals surface area contributed by atoms with E-state index in [1.54, 1.807) is 24.3 Å². The summed E-state index contributed by atoms with van der Waals surface area (Å²) in [6.07, 6.45) is 4.71. The van der Waals surface area contributed by atoms with Gasteiger partial charge in [-0.05, 0) is 100.0 Å². The molecule has 0 unspecified atom stereocenters. The van der Waals surface area contributed by atoms with Gasteiger partial charge in [-0.1, -0.05) is 6.07 Å². The number of carbonyl (C=O) groups is 1. The minimum atomic E-state index is -3.82. The number of rotatable bonds is 7. The van der Waals surface area contributed by atoms with Gasteiger partial charge in [-0.2, -0.15) is 0 Å². The monoisotopic (exact) mass is 471 g/mol. The van der Waals surface area contributed by atoms with Crippen LogP contribution in [0.3, 0.4) is 0 Å². The highest BCUT2D eigenvalue weighted by Gasteiger charge is 2.26. The molecule has 2 heterocycles. The molecule has 178 valence electrons. The molecule has 1 atom stereocenters. The highest BCUT2D eigenvalue weighted by molar-refractivity contribution is 7.92. The lowest BCUT2D eigenvalue weighted by molar-refractivity contribution is 0.0697. The molecule has 2 aromatic carbocycles. The van der Waals surface area contributed by atoms with Crippen LogP contribution in [0.5, 0.6) is 0 Å². The van der Waals surface area contributed by atoms with Crippen LogP contribution < -0.4 is 9.62 Å². The van der Waals surface area contributed by atoms with Gasteiger partial charge in [-0.15, -0.1) is 0 Å². The molecule has 0 spiro atoms. The number of sulfonamides is 1. The first-order valence-electron chi connectivity index (χ1n) is 11.7. The van der Waals surface area contributed by atoms with Crippen LogP contribution >= 0.6 is 0 Å². The van der Waals surface area contributed by atoms with Crippen molar-refractivity contribution in [2.75, 3.05) is 42.3 Å². The summed E-state index contributed by atoms with van der Waals surface area (Å²) in [5.74, 6) is -0.541. The zero-order valence-corrected chi connectivity index (χ0v) is 20.2. The molecule has 0 saturated carbocycles. The molecule has 2 aliphatic heterocycles. The number of hydrogen-bond acceptors (Lipinski definition) is 5. The number of benzene rings is 2. The maximum atomic E-state index is 12.9. The molecule has 0 bridgehead atoms. The van der Waals surface area contributed by atoms with Gasteiger partial charge in [0.1, 0.15) is 0 Å². The number of aromatic carboxylic acids is 1. The summed E-state index contributed by atoms with van der Waals surface area (Å²) < 4.78 is 28.4. The number of nitrogens with one attached hydrogen (secondary N) is 1. The van der Waals surface area contributed by atoms with E-state index in [1.165, 1.54) is 18.9 Å². The molecule has 8 heteroatoms. The van der Waals surface area contributed by atoms with Crippen LogP contribution in [-0.4, -0.2) is 57.1 Å². The summed E-state index contributed by atoms with van der Waals surface area (Å²) in [5.41, 5.74) is 2.73. The van der Waals surface area contributed by atoms with Gasteiger partial charge in [-0.3, -0.25) is 4.72 Å². The second kappa shape index (κ2) is 9.73. The number of anilines is 2. The van der Waals surface area contributed by atoms with E-state index in [9.17, 15) is 18.3 Å². The molecule has 0 radical (unpaired) electrons. The van der Waals surface area contributed by atoms with Crippen molar-refractivity contribution in [2.45, 2.75) is 44.4 Å². The van der Waals surface area contributed by atoms with E-state index < -0.39 is 16.0 Å². The Morgan fingerprint density at radius 1 is 1.03 bits per heavy atom. The molecule has 2 fully saturated rings. The average Bonchev–Trinajstić information content (AvgIpc) is 3.26. The van der Waals surface area contributed by atoms with Crippen molar-refractivity contribution in [1.29, 1.82) is 0 Å². The van der Waals surface area contributed by atoms with Gasteiger partial charge in [0, 0.05) is 25.3 Å². The Balaban J connectivity index is 1.54. The first-order valence-corrected chi connectivity index (χ1v) is 13.2. The Morgan fingerprint density at radius 3 is 2.39 bits per heavy atom. The lowest BCUT2D eigenvalue weighted by atomic mass is 9.96. The van der Waals surface area contributed by atoms with Crippen LogP contribution in [0.25, 0.3) is 0 Å². The van der Waals surface area contributed by atoms with Gasteiger partial charge < -0.3 is 14.9 Å². The Hall–Kier alpha value is -2.58. The van der Waals surface area contributed by atoms with E-state index in [4.69, 9.17) is 0 Å². The topological polar surface area (TPSA) is 90.0 Å². The zero-order valence-electron chi connectivity index (χ0n) is 19.4. The zero-order chi connectivity index (χ0) is 23.6. The van der Waals surface area contributed by atoms with Crippen molar-refractivity contribution in [3.63, 3.8) is 0 Å². The van der Waals surface area contributed by atoms with Gasteiger partial charge in [0.25, 0.3) is 10.0 Å². The van der Waals surface area contributed by atoms with Crippen LogP contribution in [0.2, 0.25) is 0 Å². The molecule has 2 aliphatic rings. The third-order valence-corrected chi connectivity index (χ3v) is 7.92. The van der Waals surface area contributed by atoms with E-state index in [-0.39, 0.29) is 16.1 Å². The average molecular weight is 472 g/mol. The molecule has 2 saturated heterocycles. The summed E-state index contributed by atoms with van der Waals surface area (Å²) >= 11 is 0. The maximum absolute atomic E-state index is 12.9. The van der Waals surface area contributed by atoms with E-state index in [0.717, 1.165) is 56.7 Å². The summed E-state index contributed by atoms with van der Waals surface area (Å²) in [7, 11) is -3.82. The standard InChI is InChI=1S/C25H33N3O4S/c1-18-12-19(2)14-22(13-18)33(31,32)26-21-7-8-24(23(15-21)25(29)30)28-11-5-6-20(17-28)16-27-9-3-4-10-27/h7-8,12-15,20,26H,3-6,9-11,16-17H2,1-2H3,(H,29,30)/t20-/m1/s1. The van der Waals surface area contributed by atoms with Gasteiger partial charge in [0.2, 0.25) is 0 Å². The number of hydrogen-bond donors (Lipinski definition) is 2. The highest BCUT2D eigenvalue weighted by Crippen LogP contribution is 2.30.